The summed E-state index contributed by atoms with van der Waals surface area (Å²) in [5, 5.41) is 3.52. The molecule has 0 bridgehead atoms. The van der Waals surface area contributed by atoms with Gasteiger partial charge in [-0.05, 0) is 48.6 Å². The van der Waals surface area contributed by atoms with Crippen molar-refractivity contribution in [2.24, 2.45) is 0 Å². The minimum Gasteiger partial charge on any atom is -0.486 e. The number of halogens is 1. The summed E-state index contributed by atoms with van der Waals surface area (Å²) in [5.74, 6) is 1.22. The molecule has 0 spiro atoms. The summed E-state index contributed by atoms with van der Waals surface area (Å²) >= 11 is 6.36. The summed E-state index contributed by atoms with van der Waals surface area (Å²) in [7, 11) is 0. The van der Waals surface area contributed by atoms with E-state index in [-0.39, 0.29) is 24.8 Å². The molecule has 1 atom stereocenters. The molecule has 1 aliphatic rings. The molecule has 2 aromatic carbocycles. The van der Waals surface area contributed by atoms with E-state index in [1.165, 1.54) is 0 Å². The lowest BCUT2D eigenvalue weighted by molar-refractivity contribution is -0.141. The van der Waals surface area contributed by atoms with Crippen molar-refractivity contribution in [3.05, 3.63) is 58.6 Å². The second-order valence-electron chi connectivity index (χ2n) is 7.81. The molecule has 1 heterocycles. The zero-order valence-corrected chi connectivity index (χ0v) is 19.5. The quantitative estimate of drug-likeness (QED) is 0.573. The lowest BCUT2D eigenvalue weighted by atomic mass is 10.1. The first-order chi connectivity index (χ1) is 15.5. The van der Waals surface area contributed by atoms with Crippen LogP contribution in [0.25, 0.3) is 0 Å². The SMILES string of the molecule is CCCNC(=O)[C@H](CC)N(Cc1ccccc1Cl)C(=O)CCc1ccc2c(c1)OCCO2. The summed E-state index contributed by atoms with van der Waals surface area (Å²) in [6.45, 7) is 5.86. The van der Waals surface area contributed by atoms with E-state index >= 15 is 0 Å². The van der Waals surface area contributed by atoms with E-state index in [0.29, 0.717) is 43.4 Å². The normalized spacial score (nSPS) is 13.3. The average Bonchev–Trinajstić information content (AvgIpc) is 2.82. The number of carbonyl (C=O) groups is 2. The molecule has 0 saturated carbocycles. The van der Waals surface area contributed by atoms with Gasteiger partial charge in [0, 0.05) is 24.5 Å². The zero-order valence-electron chi connectivity index (χ0n) is 18.7. The van der Waals surface area contributed by atoms with Crippen LogP contribution in [0, 0.1) is 0 Å². The Morgan fingerprint density at radius 3 is 2.56 bits per heavy atom. The summed E-state index contributed by atoms with van der Waals surface area (Å²) < 4.78 is 11.2. The topological polar surface area (TPSA) is 67.9 Å². The Balaban J connectivity index is 1.75. The number of nitrogens with one attached hydrogen (secondary N) is 1. The number of hydrogen-bond donors (Lipinski definition) is 1. The molecule has 0 aromatic heterocycles. The standard InChI is InChI=1S/C25H31ClN2O4/c1-3-13-27-25(30)21(4-2)28(17-19-7-5-6-8-20(19)26)24(29)12-10-18-9-11-22-23(16-18)32-15-14-31-22/h5-9,11,16,21H,3-4,10,12-15,17H2,1-2H3,(H,27,30)/t21-/m0/s1. The van der Waals surface area contributed by atoms with Gasteiger partial charge in [0.05, 0.1) is 0 Å². The molecule has 172 valence electrons. The van der Waals surface area contributed by atoms with E-state index < -0.39 is 6.04 Å². The van der Waals surface area contributed by atoms with Crippen LogP contribution in [0.3, 0.4) is 0 Å². The molecule has 0 aliphatic carbocycles. The number of rotatable bonds is 10. The van der Waals surface area contributed by atoms with Gasteiger partial charge in [0.1, 0.15) is 19.3 Å². The largest absolute Gasteiger partial charge is 0.486 e. The fourth-order valence-electron chi connectivity index (χ4n) is 3.73. The minimum absolute atomic E-state index is 0.0849. The van der Waals surface area contributed by atoms with Gasteiger partial charge in [0.25, 0.3) is 0 Å². The van der Waals surface area contributed by atoms with Crippen molar-refractivity contribution in [2.75, 3.05) is 19.8 Å². The van der Waals surface area contributed by atoms with Gasteiger partial charge in [0.15, 0.2) is 11.5 Å². The number of benzene rings is 2. The molecule has 0 saturated heterocycles. The molecule has 6 nitrogen and oxygen atoms in total. The average molecular weight is 459 g/mol. The summed E-state index contributed by atoms with van der Waals surface area (Å²) in [6.07, 6.45) is 2.18. The van der Waals surface area contributed by atoms with Crippen molar-refractivity contribution in [3.8, 4) is 11.5 Å². The molecule has 0 unspecified atom stereocenters. The summed E-state index contributed by atoms with van der Waals surface area (Å²) in [4.78, 5) is 27.8. The van der Waals surface area contributed by atoms with Gasteiger partial charge in [-0.25, -0.2) is 0 Å². The first kappa shape index (κ1) is 23.9. The second-order valence-corrected chi connectivity index (χ2v) is 8.21. The Morgan fingerprint density at radius 2 is 1.84 bits per heavy atom. The molecule has 7 heteroatoms. The maximum absolute atomic E-state index is 13.3. The highest BCUT2D eigenvalue weighted by Crippen LogP contribution is 2.31. The highest BCUT2D eigenvalue weighted by atomic mass is 35.5. The Kier molecular flexibility index (Phi) is 8.80. The van der Waals surface area contributed by atoms with E-state index in [9.17, 15) is 9.59 Å². The number of fused-ring (bicyclic) bond motifs is 1. The molecular weight excluding hydrogens is 428 g/mol. The predicted octanol–water partition coefficient (Wildman–Crippen LogP) is 4.38. The molecule has 2 aromatic rings. The Hall–Kier alpha value is -2.73. The van der Waals surface area contributed by atoms with E-state index in [1.54, 1.807) is 11.0 Å². The third kappa shape index (κ3) is 6.16. The maximum Gasteiger partial charge on any atom is 0.242 e. The second kappa shape index (κ2) is 11.8. The van der Waals surface area contributed by atoms with Crippen molar-refractivity contribution >= 4 is 23.4 Å². The number of aryl methyl sites for hydroxylation is 1. The van der Waals surface area contributed by atoms with Crippen LogP contribution in [0.2, 0.25) is 5.02 Å². The molecule has 1 aliphatic heterocycles. The van der Waals surface area contributed by atoms with Gasteiger partial charge >= 0.3 is 0 Å². The van der Waals surface area contributed by atoms with Gasteiger partial charge < -0.3 is 19.7 Å². The van der Waals surface area contributed by atoms with Crippen LogP contribution >= 0.6 is 11.6 Å². The molecule has 2 amide bonds. The molecule has 0 radical (unpaired) electrons. The van der Waals surface area contributed by atoms with Gasteiger partial charge in [-0.15, -0.1) is 0 Å². The van der Waals surface area contributed by atoms with Crippen LogP contribution in [-0.4, -0.2) is 42.5 Å². The number of nitrogens with zero attached hydrogens (tertiary/aromatic N) is 1. The third-order valence-electron chi connectivity index (χ3n) is 5.47. The lowest BCUT2D eigenvalue weighted by Crippen LogP contribution is -2.49. The van der Waals surface area contributed by atoms with Crippen LogP contribution in [0.15, 0.2) is 42.5 Å². The third-order valence-corrected chi connectivity index (χ3v) is 5.84. The number of ether oxygens (including phenoxy) is 2. The van der Waals surface area contributed by atoms with Gasteiger partial charge in [-0.1, -0.05) is 49.7 Å². The predicted molar refractivity (Wildman–Crippen MR) is 125 cm³/mol. The van der Waals surface area contributed by atoms with Gasteiger partial charge in [-0.3, -0.25) is 9.59 Å². The van der Waals surface area contributed by atoms with Crippen LogP contribution in [-0.2, 0) is 22.6 Å². The zero-order chi connectivity index (χ0) is 22.9. The first-order valence-corrected chi connectivity index (χ1v) is 11.6. The van der Waals surface area contributed by atoms with Crippen LogP contribution < -0.4 is 14.8 Å². The van der Waals surface area contributed by atoms with E-state index in [2.05, 4.69) is 5.32 Å². The molecular formula is C25H31ClN2O4. The maximum atomic E-state index is 13.3. The van der Waals surface area contributed by atoms with Crippen molar-refractivity contribution in [1.82, 2.24) is 10.2 Å². The van der Waals surface area contributed by atoms with E-state index in [0.717, 1.165) is 23.3 Å². The van der Waals surface area contributed by atoms with Gasteiger partial charge in [0.2, 0.25) is 11.8 Å². The number of hydrogen-bond acceptors (Lipinski definition) is 4. The Labute approximate surface area is 194 Å². The number of amides is 2. The monoisotopic (exact) mass is 458 g/mol. The smallest absolute Gasteiger partial charge is 0.242 e. The highest BCUT2D eigenvalue weighted by Gasteiger charge is 2.28. The van der Waals surface area contributed by atoms with E-state index in [4.69, 9.17) is 21.1 Å². The van der Waals surface area contributed by atoms with Crippen LogP contribution in [0.5, 0.6) is 11.5 Å². The first-order valence-electron chi connectivity index (χ1n) is 11.2. The number of carbonyl (C=O) groups excluding carboxylic acids is 2. The van der Waals surface area contributed by atoms with Gasteiger partial charge in [-0.2, -0.15) is 0 Å². The van der Waals surface area contributed by atoms with Crippen molar-refractivity contribution < 1.29 is 19.1 Å². The Bertz CT molecular complexity index is 934. The summed E-state index contributed by atoms with van der Waals surface area (Å²) in [5.41, 5.74) is 1.81. The molecule has 3 rings (SSSR count). The molecule has 32 heavy (non-hydrogen) atoms. The fourth-order valence-corrected chi connectivity index (χ4v) is 3.93. The Morgan fingerprint density at radius 1 is 1.09 bits per heavy atom. The minimum atomic E-state index is -0.550. The molecule has 0 fully saturated rings. The van der Waals surface area contributed by atoms with Crippen molar-refractivity contribution in [2.45, 2.75) is 52.1 Å². The summed E-state index contributed by atoms with van der Waals surface area (Å²) in [6, 6.07) is 12.6. The van der Waals surface area contributed by atoms with E-state index in [1.807, 2.05) is 50.2 Å². The fraction of sp³-hybridized carbons (Fsp3) is 0.440. The lowest BCUT2D eigenvalue weighted by Gasteiger charge is -2.31. The molecule has 1 N–H and O–H groups in total. The van der Waals surface area contributed by atoms with Crippen molar-refractivity contribution in [1.29, 1.82) is 0 Å². The van der Waals surface area contributed by atoms with Crippen LogP contribution in [0.4, 0.5) is 0 Å². The van der Waals surface area contributed by atoms with Crippen LogP contribution in [0.1, 0.15) is 44.2 Å². The van der Waals surface area contributed by atoms with Crippen molar-refractivity contribution in [3.63, 3.8) is 0 Å². The highest BCUT2D eigenvalue weighted by molar-refractivity contribution is 6.31.